The lowest BCUT2D eigenvalue weighted by Gasteiger charge is -2.37. The van der Waals surface area contributed by atoms with Crippen molar-refractivity contribution in [3.05, 3.63) is 0 Å². The highest BCUT2D eigenvalue weighted by molar-refractivity contribution is 5.79. The van der Waals surface area contributed by atoms with Crippen LogP contribution in [0, 0.1) is 5.92 Å². The Labute approximate surface area is 85.7 Å². The number of carbonyl (C=O) groups is 2. The molecule has 14 heavy (non-hydrogen) atoms. The van der Waals surface area contributed by atoms with Crippen LogP contribution in [-0.4, -0.2) is 36.9 Å². The number of aldehydes is 1. The maximum Gasteiger partial charge on any atom is 0.220 e. The van der Waals surface area contributed by atoms with Crippen LogP contribution >= 0.6 is 0 Å². The molecule has 0 bridgehead atoms. The molecule has 0 aromatic rings. The molecule has 0 aromatic heterocycles. The first-order valence-corrected chi connectivity index (χ1v) is 4.79. The van der Waals surface area contributed by atoms with Gasteiger partial charge in [-0.2, -0.15) is 0 Å². The maximum absolute atomic E-state index is 11.2. The Bertz CT molecular complexity index is 216. The van der Waals surface area contributed by atoms with Crippen LogP contribution in [0.15, 0.2) is 0 Å². The van der Waals surface area contributed by atoms with E-state index in [-0.39, 0.29) is 5.91 Å². The van der Waals surface area contributed by atoms with Crippen LogP contribution < -0.4 is 5.32 Å². The summed E-state index contributed by atoms with van der Waals surface area (Å²) in [5, 5.41) is 2.91. The Kier molecular flexibility index (Phi) is 4.77. The lowest BCUT2D eigenvalue weighted by Crippen LogP contribution is -2.59. The highest BCUT2D eigenvalue weighted by Crippen LogP contribution is 2.18. The predicted molar refractivity (Wildman–Crippen MR) is 55.8 cm³/mol. The van der Waals surface area contributed by atoms with Crippen LogP contribution in [0.5, 0.6) is 0 Å². The molecular weight excluding hydrogens is 180 g/mol. The number of likely N-dealkylation sites (N-methyl/N-ethyl adjacent to an activating group) is 2. The second kappa shape index (κ2) is 5.10. The standard InChI is InChI=1S/C10H20N2O2/c1-8(2)6-10(7-13,11-4)12(5)9(3)14/h7-8,11H,6H2,1-5H3. The van der Waals surface area contributed by atoms with Gasteiger partial charge in [-0.25, -0.2) is 0 Å². The molecule has 0 saturated heterocycles. The average Bonchev–Trinajstić information content (AvgIpc) is 2.12. The van der Waals surface area contributed by atoms with Gasteiger partial charge in [0.15, 0.2) is 6.29 Å². The molecule has 1 N–H and O–H groups in total. The molecule has 0 fully saturated rings. The van der Waals surface area contributed by atoms with E-state index < -0.39 is 5.66 Å². The van der Waals surface area contributed by atoms with Crippen molar-refractivity contribution >= 4 is 12.2 Å². The van der Waals surface area contributed by atoms with E-state index in [0.717, 1.165) is 6.29 Å². The SMILES string of the molecule is CNC(C=O)(CC(C)C)N(C)C(C)=O. The van der Waals surface area contributed by atoms with E-state index in [1.165, 1.54) is 11.8 Å². The van der Waals surface area contributed by atoms with E-state index in [2.05, 4.69) is 5.32 Å². The molecule has 4 nitrogen and oxygen atoms in total. The first-order valence-electron chi connectivity index (χ1n) is 4.79. The van der Waals surface area contributed by atoms with E-state index >= 15 is 0 Å². The minimum absolute atomic E-state index is 0.118. The summed E-state index contributed by atoms with van der Waals surface area (Å²) in [6, 6.07) is 0. The van der Waals surface area contributed by atoms with Crippen molar-refractivity contribution in [1.29, 1.82) is 0 Å². The third-order valence-electron chi connectivity index (χ3n) is 2.42. The Morgan fingerprint density at radius 2 is 2.07 bits per heavy atom. The largest absolute Gasteiger partial charge is 0.321 e. The van der Waals surface area contributed by atoms with Crippen molar-refractivity contribution in [3.8, 4) is 0 Å². The van der Waals surface area contributed by atoms with Crippen molar-refractivity contribution in [1.82, 2.24) is 10.2 Å². The molecule has 0 aromatic carbocycles. The smallest absolute Gasteiger partial charge is 0.220 e. The fourth-order valence-electron chi connectivity index (χ4n) is 1.50. The highest BCUT2D eigenvalue weighted by atomic mass is 16.2. The number of amides is 1. The Hall–Kier alpha value is -0.900. The fraction of sp³-hybridized carbons (Fsp3) is 0.800. The number of nitrogens with one attached hydrogen (secondary N) is 1. The number of hydrogen-bond donors (Lipinski definition) is 1. The van der Waals surface area contributed by atoms with E-state index in [1.807, 2.05) is 13.8 Å². The minimum atomic E-state index is -0.861. The molecule has 1 atom stereocenters. The zero-order valence-electron chi connectivity index (χ0n) is 9.63. The van der Waals surface area contributed by atoms with Gasteiger partial charge in [-0.1, -0.05) is 13.8 Å². The first-order chi connectivity index (χ1) is 6.39. The zero-order valence-corrected chi connectivity index (χ0v) is 9.63. The average molecular weight is 200 g/mol. The molecule has 0 radical (unpaired) electrons. The molecule has 4 heteroatoms. The van der Waals surface area contributed by atoms with Crippen LogP contribution in [0.2, 0.25) is 0 Å². The van der Waals surface area contributed by atoms with E-state index in [1.54, 1.807) is 14.1 Å². The number of hydrogen-bond acceptors (Lipinski definition) is 3. The molecule has 0 spiro atoms. The third kappa shape index (κ3) is 2.80. The van der Waals surface area contributed by atoms with Crippen molar-refractivity contribution < 1.29 is 9.59 Å². The summed E-state index contributed by atoms with van der Waals surface area (Å²) in [4.78, 5) is 23.7. The summed E-state index contributed by atoms with van der Waals surface area (Å²) in [5.41, 5.74) is -0.861. The van der Waals surface area contributed by atoms with Crippen LogP contribution in [0.4, 0.5) is 0 Å². The minimum Gasteiger partial charge on any atom is -0.321 e. The molecule has 0 aliphatic rings. The van der Waals surface area contributed by atoms with Gasteiger partial charge < -0.3 is 4.90 Å². The molecule has 0 aliphatic carbocycles. The molecule has 0 heterocycles. The Balaban J connectivity index is 4.85. The lowest BCUT2D eigenvalue weighted by molar-refractivity contribution is -0.140. The van der Waals surface area contributed by atoms with Crippen LogP contribution in [0.25, 0.3) is 0 Å². The van der Waals surface area contributed by atoms with Crippen molar-refractivity contribution in [2.75, 3.05) is 14.1 Å². The van der Waals surface area contributed by atoms with Crippen molar-refractivity contribution in [2.45, 2.75) is 32.9 Å². The zero-order chi connectivity index (χ0) is 11.4. The Morgan fingerprint density at radius 3 is 2.29 bits per heavy atom. The van der Waals surface area contributed by atoms with Gasteiger partial charge in [0, 0.05) is 14.0 Å². The normalized spacial score (nSPS) is 15.0. The first kappa shape index (κ1) is 13.1. The summed E-state index contributed by atoms with van der Waals surface area (Å²) in [7, 11) is 3.33. The Morgan fingerprint density at radius 1 is 1.57 bits per heavy atom. The second-order valence-electron chi connectivity index (χ2n) is 3.97. The van der Waals surface area contributed by atoms with E-state index in [9.17, 15) is 9.59 Å². The quantitative estimate of drug-likeness (QED) is 0.523. The molecular formula is C10H20N2O2. The number of carbonyl (C=O) groups excluding carboxylic acids is 2. The van der Waals surface area contributed by atoms with Gasteiger partial charge in [0.1, 0.15) is 5.66 Å². The highest BCUT2D eigenvalue weighted by Gasteiger charge is 2.34. The lowest BCUT2D eigenvalue weighted by atomic mass is 9.97. The molecule has 0 aliphatic heterocycles. The van der Waals surface area contributed by atoms with Gasteiger partial charge in [0.05, 0.1) is 0 Å². The summed E-state index contributed by atoms with van der Waals surface area (Å²) < 4.78 is 0. The molecule has 82 valence electrons. The van der Waals surface area contributed by atoms with Crippen molar-refractivity contribution in [2.24, 2.45) is 5.92 Å². The van der Waals surface area contributed by atoms with Crippen LogP contribution in [0.3, 0.4) is 0 Å². The van der Waals surface area contributed by atoms with Gasteiger partial charge in [-0.3, -0.25) is 14.9 Å². The van der Waals surface area contributed by atoms with Crippen LogP contribution in [0.1, 0.15) is 27.2 Å². The van der Waals surface area contributed by atoms with Gasteiger partial charge in [0.2, 0.25) is 5.91 Å². The van der Waals surface area contributed by atoms with Crippen molar-refractivity contribution in [3.63, 3.8) is 0 Å². The second-order valence-corrected chi connectivity index (χ2v) is 3.97. The number of nitrogens with zero attached hydrogens (tertiary/aromatic N) is 1. The molecule has 0 rings (SSSR count). The summed E-state index contributed by atoms with van der Waals surface area (Å²) in [5.74, 6) is 0.224. The fourth-order valence-corrected chi connectivity index (χ4v) is 1.50. The van der Waals surface area contributed by atoms with Crippen LogP contribution in [-0.2, 0) is 9.59 Å². The third-order valence-corrected chi connectivity index (χ3v) is 2.42. The van der Waals surface area contributed by atoms with Gasteiger partial charge in [-0.15, -0.1) is 0 Å². The molecule has 1 amide bonds. The monoisotopic (exact) mass is 200 g/mol. The van der Waals surface area contributed by atoms with Gasteiger partial charge >= 0.3 is 0 Å². The van der Waals surface area contributed by atoms with Gasteiger partial charge in [-0.05, 0) is 19.4 Å². The summed E-state index contributed by atoms with van der Waals surface area (Å²) in [6.45, 7) is 5.49. The molecule has 0 saturated carbocycles. The number of rotatable bonds is 5. The summed E-state index contributed by atoms with van der Waals surface area (Å²) >= 11 is 0. The molecule has 1 unspecified atom stereocenters. The van der Waals surface area contributed by atoms with Gasteiger partial charge in [0.25, 0.3) is 0 Å². The maximum atomic E-state index is 11.2. The van der Waals surface area contributed by atoms with E-state index in [4.69, 9.17) is 0 Å². The van der Waals surface area contributed by atoms with E-state index in [0.29, 0.717) is 12.3 Å². The summed E-state index contributed by atoms with van der Waals surface area (Å²) in [6.07, 6.45) is 1.41. The predicted octanol–water partition coefficient (Wildman–Crippen LogP) is 0.625. The topological polar surface area (TPSA) is 49.4 Å².